The lowest BCUT2D eigenvalue weighted by Crippen LogP contribution is -2.36. The molecule has 0 aliphatic carbocycles. The largest absolute Gasteiger partial charge is 0.449 e. The Morgan fingerprint density at radius 1 is 1.38 bits per heavy atom. The number of hydrogen-bond acceptors (Lipinski definition) is 5. The van der Waals surface area contributed by atoms with Gasteiger partial charge in [0.05, 0.1) is 5.56 Å². The fraction of sp³-hybridized carbons (Fsp3) is 0.429. The lowest BCUT2D eigenvalue weighted by molar-refractivity contribution is -0.129. The summed E-state index contributed by atoms with van der Waals surface area (Å²) in [6.07, 6.45) is -0.175. The minimum atomic E-state index is -0.875. The van der Waals surface area contributed by atoms with Crippen molar-refractivity contribution in [2.24, 2.45) is 0 Å². The molecule has 0 saturated carbocycles. The molecule has 0 radical (unpaired) electrons. The van der Waals surface area contributed by atoms with Crippen LogP contribution in [0.15, 0.2) is 22.7 Å². The van der Waals surface area contributed by atoms with E-state index in [9.17, 15) is 9.59 Å². The molecule has 1 unspecified atom stereocenters. The van der Waals surface area contributed by atoms with Gasteiger partial charge in [-0.05, 0) is 31.5 Å². The van der Waals surface area contributed by atoms with Gasteiger partial charge in [0.2, 0.25) is 0 Å². The molecule has 6 nitrogen and oxygen atoms in total. The van der Waals surface area contributed by atoms with Crippen LogP contribution in [0.5, 0.6) is 0 Å². The highest BCUT2D eigenvalue weighted by molar-refractivity contribution is 9.10. The SMILES string of the molecule is COCCCNC(=O)C(C)OC(=O)c1cc(N)cc(Br)c1. The Balaban J connectivity index is 2.51. The first kappa shape index (κ1) is 17.5. The molecule has 21 heavy (non-hydrogen) atoms. The average Bonchev–Trinajstić information content (AvgIpc) is 2.42. The molecule has 1 rings (SSSR count). The molecule has 116 valence electrons. The molecule has 1 aromatic carbocycles. The van der Waals surface area contributed by atoms with Gasteiger partial charge in [-0.2, -0.15) is 0 Å². The molecule has 0 heterocycles. The van der Waals surface area contributed by atoms with Crippen molar-refractivity contribution in [2.75, 3.05) is 26.0 Å². The van der Waals surface area contributed by atoms with E-state index in [1.807, 2.05) is 0 Å². The number of nitrogens with one attached hydrogen (secondary N) is 1. The number of benzene rings is 1. The molecular formula is C14H19BrN2O4. The van der Waals surface area contributed by atoms with Crippen molar-refractivity contribution < 1.29 is 19.1 Å². The molecule has 0 spiro atoms. The Morgan fingerprint density at radius 2 is 2.10 bits per heavy atom. The number of anilines is 1. The van der Waals surface area contributed by atoms with E-state index in [0.717, 1.165) is 0 Å². The second-order valence-corrected chi connectivity index (χ2v) is 5.37. The number of esters is 1. The van der Waals surface area contributed by atoms with Gasteiger partial charge in [-0.15, -0.1) is 0 Å². The van der Waals surface area contributed by atoms with Gasteiger partial charge in [-0.25, -0.2) is 4.79 Å². The van der Waals surface area contributed by atoms with Gasteiger partial charge in [0.1, 0.15) is 0 Å². The fourth-order valence-corrected chi connectivity index (χ4v) is 2.10. The molecule has 0 aliphatic rings. The van der Waals surface area contributed by atoms with Gasteiger partial charge in [0.25, 0.3) is 5.91 Å². The van der Waals surface area contributed by atoms with E-state index >= 15 is 0 Å². The Morgan fingerprint density at radius 3 is 2.71 bits per heavy atom. The summed E-state index contributed by atoms with van der Waals surface area (Å²) >= 11 is 3.25. The number of ether oxygens (including phenoxy) is 2. The smallest absolute Gasteiger partial charge is 0.339 e. The summed E-state index contributed by atoms with van der Waals surface area (Å²) < 4.78 is 10.7. The molecule has 0 fully saturated rings. The van der Waals surface area contributed by atoms with Crippen molar-refractivity contribution in [2.45, 2.75) is 19.4 Å². The second kappa shape index (κ2) is 8.63. The summed E-state index contributed by atoms with van der Waals surface area (Å²) in [7, 11) is 1.59. The van der Waals surface area contributed by atoms with Crippen LogP contribution in [0.1, 0.15) is 23.7 Å². The van der Waals surface area contributed by atoms with Crippen molar-refractivity contribution in [1.29, 1.82) is 0 Å². The number of amides is 1. The molecular weight excluding hydrogens is 340 g/mol. The Kier molecular flexibility index (Phi) is 7.18. The lowest BCUT2D eigenvalue weighted by atomic mass is 10.2. The second-order valence-electron chi connectivity index (χ2n) is 4.46. The quantitative estimate of drug-likeness (QED) is 0.440. The third-order valence-electron chi connectivity index (χ3n) is 2.63. The number of carbonyl (C=O) groups excluding carboxylic acids is 2. The van der Waals surface area contributed by atoms with Crippen LogP contribution >= 0.6 is 15.9 Å². The minimum absolute atomic E-state index is 0.293. The minimum Gasteiger partial charge on any atom is -0.449 e. The van der Waals surface area contributed by atoms with Gasteiger partial charge in [-0.1, -0.05) is 15.9 Å². The number of nitrogens with two attached hydrogens (primary N) is 1. The van der Waals surface area contributed by atoms with E-state index in [2.05, 4.69) is 21.2 Å². The van der Waals surface area contributed by atoms with Crippen LogP contribution in [0.3, 0.4) is 0 Å². The summed E-state index contributed by atoms with van der Waals surface area (Å²) in [4.78, 5) is 23.7. The highest BCUT2D eigenvalue weighted by atomic mass is 79.9. The van der Waals surface area contributed by atoms with E-state index in [1.54, 1.807) is 19.2 Å². The number of halogens is 1. The summed E-state index contributed by atoms with van der Waals surface area (Å²) in [6, 6.07) is 4.75. The van der Waals surface area contributed by atoms with Crippen molar-refractivity contribution in [3.05, 3.63) is 28.2 Å². The molecule has 0 saturated heterocycles. The predicted molar refractivity (Wildman–Crippen MR) is 82.9 cm³/mol. The maximum atomic E-state index is 11.9. The van der Waals surface area contributed by atoms with Gasteiger partial charge in [0, 0.05) is 30.4 Å². The number of rotatable bonds is 7. The van der Waals surface area contributed by atoms with Gasteiger partial charge in [0.15, 0.2) is 6.10 Å². The number of carbonyl (C=O) groups is 2. The first-order valence-corrected chi connectivity index (χ1v) is 7.27. The zero-order valence-corrected chi connectivity index (χ0v) is 13.6. The molecule has 1 amide bonds. The van der Waals surface area contributed by atoms with E-state index < -0.39 is 12.1 Å². The predicted octanol–water partition coefficient (Wildman–Crippen LogP) is 1.73. The highest BCUT2D eigenvalue weighted by Crippen LogP contribution is 2.18. The Hall–Kier alpha value is -1.60. The molecule has 3 N–H and O–H groups in total. The first-order valence-electron chi connectivity index (χ1n) is 6.47. The lowest BCUT2D eigenvalue weighted by Gasteiger charge is -2.13. The Bertz CT molecular complexity index is 487. The van der Waals surface area contributed by atoms with Crippen LogP contribution in [-0.2, 0) is 14.3 Å². The van der Waals surface area contributed by atoms with Crippen molar-refractivity contribution >= 4 is 33.5 Å². The zero-order valence-electron chi connectivity index (χ0n) is 12.0. The number of nitrogen functional groups attached to an aromatic ring is 1. The molecule has 0 aromatic heterocycles. The maximum absolute atomic E-state index is 11.9. The van der Waals surface area contributed by atoms with Crippen molar-refractivity contribution in [1.82, 2.24) is 5.32 Å². The van der Waals surface area contributed by atoms with E-state index in [1.165, 1.54) is 13.0 Å². The van der Waals surface area contributed by atoms with E-state index in [-0.39, 0.29) is 5.91 Å². The monoisotopic (exact) mass is 358 g/mol. The van der Waals surface area contributed by atoms with Gasteiger partial charge in [-0.3, -0.25) is 4.79 Å². The fourth-order valence-electron chi connectivity index (χ4n) is 1.58. The first-order chi connectivity index (χ1) is 9.93. The van der Waals surface area contributed by atoms with Crippen LogP contribution in [-0.4, -0.2) is 38.2 Å². The van der Waals surface area contributed by atoms with E-state index in [4.69, 9.17) is 15.2 Å². The third-order valence-corrected chi connectivity index (χ3v) is 3.09. The van der Waals surface area contributed by atoms with Gasteiger partial charge >= 0.3 is 5.97 Å². The van der Waals surface area contributed by atoms with Crippen molar-refractivity contribution in [3.8, 4) is 0 Å². The number of methoxy groups -OCH3 is 1. The van der Waals surface area contributed by atoms with E-state index in [0.29, 0.717) is 35.3 Å². The third kappa shape index (κ3) is 6.14. The van der Waals surface area contributed by atoms with Crippen LogP contribution in [0.4, 0.5) is 5.69 Å². The maximum Gasteiger partial charge on any atom is 0.339 e. The highest BCUT2D eigenvalue weighted by Gasteiger charge is 2.18. The molecule has 1 atom stereocenters. The van der Waals surface area contributed by atoms with Crippen molar-refractivity contribution in [3.63, 3.8) is 0 Å². The topological polar surface area (TPSA) is 90.6 Å². The zero-order chi connectivity index (χ0) is 15.8. The summed E-state index contributed by atoms with van der Waals surface area (Å²) in [5, 5.41) is 2.67. The van der Waals surface area contributed by atoms with Crippen LogP contribution in [0.2, 0.25) is 0 Å². The molecule has 0 aliphatic heterocycles. The normalized spacial score (nSPS) is 11.8. The molecule has 7 heteroatoms. The Labute approximate surface area is 132 Å². The number of hydrogen-bond donors (Lipinski definition) is 2. The standard InChI is InChI=1S/C14H19BrN2O4/c1-9(13(18)17-4-3-5-20-2)21-14(19)10-6-11(15)8-12(16)7-10/h6-9H,3-5,16H2,1-2H3,(H,17,18). The molecule has 0 bridgehead atoms. The summed E-state index contributed by atoms with van der Waals surface area (Å²) in [5.41, 5.74) is 6.38. The van der Waals surface area contributed by atoms with Crippen LogP contribution < -0.4 is 11.1 Å². The van der Waals surface area contributed by atoms with Crippen LogP contribution in [0.25, 0.3) is 0 Å². The van der Waals surface area contributed by atoms with Crippen LogP contribution in [0, 0.1) is 0 Å². The summed E-state index contributed by atoms with van der Waals surface area (Å²) in [5.74, 6) is -0.940. The van der Waals surface area contributed by atoms with Gasteiger partial charge < -0.3 is 20.5 Å². The molecule has 1 aromatic rings. The summed E-state index contributed by atoms with van der Waals surface area (Å²) in [6.45, 7) is 2.55. The average molecular weight is 359 g/mol.